The maximum absolute atomic E-state index is 12.2. The first-order valence-electron chi connectivity index (χ1n) is 6.50. The molecule has 20 heavy (non-hydrogen) atoms. The van der Waals surface area contributed by atoms with E-state index >= 15 is 0 Å². The van der Waals surface area contributed by atoms with Gasteiger partial charge in [0.25, 0.3) is 5.91 Å². The van der Waals surface area contributed by atoms with E-state index in [1.54, 1.807) is 0 Å². The molecule has 0 aromatic heterocycles. The Bertz CT molecular complexity index is 516. The van der Waals surface area contributed by atoms with Crippen molar-refractivity contribution in [3.63, 3.8) is 0 Å². The van der Waals surface area contributed by atoms with Crippen LogP contribution >= 0.6 is 0 Å². The van der Waals surface area contributed by atoms with E-state index in [4.69, 9.17) is 5.73 Å². The molecule has 0 aliphatic carbocycles. The number of primary amides is 1. The summed E-state index contributed by atoms with van der Waals surface area (Å²) >= 11 is 0. The number of piperazine rings is 1. The minimum Gasteiger partial charge on any atom is -0.367 e. The van der Waals surface area contributed by atoms with Crippen molar-refractivity contribution in [2.45, 2.75) is 18.9 Å². The summed E-state index contributed by atoms with van der Waals surface area (Å²) in [6.07, 6.45) is 0.824. The van der Waals surface area contributed by atoms with E-state index in [0.29, 0.717) is 19.5 Å². The van der Waals surface area contributed by atoms with Gasteiger partial charge in [0.1, 0.15) is 0 Å². The van der Waals surface area contributed by atoms with E-state index in [-0.39, 0.29) is 12.3 Å². The number of nitrogens with one attached hydrogen (secondary N) is 1. The van der Waals surface area contributed by atoms with Gasteiger partial charge >= 0.3 is 0 Å². The first kappa shape index (κ1) is 14.0. The van der Waals surface area contributed by atoms with Crippen molar-refractivity contribution in [2.75, 3.05) is 13.1 Å². The van der Waals surface area contributed by atoms with Gasteiger partial charge in [0.05, 0.1) is 0 Å². The Morgan fingerprint density at radius 3 is 2.65 bits per heavy atom. The Labute approximate surface area is 116 Å². The van der Waals surface area contributed by atoms with Crippen molar-refractivity contribution in [2.24, 2.45) is 5.73 Å². The molecule has 1 aliphatic rings. The number of aryl methyl sites for hydroxylation is 1. The Morgan fingerprint density at radius 2 is 2.00 bits per heavy atom. The molecule has 0 radical (unpaired) electrons. The van der Waals surface area contributed by atoms with Gasteiger partial charge in [-0.05, 0) is 12.0 Å². The van der Waals surface area contributed by atoms with Crippen molar-refractivity contribution < 1.29 is 14.4 Å². The van der Waals surface area contributed by atoms with Crippen LogP contribution in [0.2, 0.25) is 0 Å². The van der Waals surface area contributed by atoms with E-state index in [1.165, 1.54) is 4.90 Å². The Kier molecular flexibility index (Phi) is 4.34. The van der Waals surface area contributed by atoms with Crippen LogP contribution in [0, 0.1) is 0 Å². The van der Waals surface area contributed by atoms with Gasteiger partial charge in [-0.1, -0.05) is 30.3 Å². The molecule has 3 N–H and O–H groups in total. The molecular weight excluding hydrogens is 258 g/mol. The maximum Gasteiger partial charge on any atom is 0.252 e. The lowest BCUT2D eigenvalue weighted by atomic mass is 10.1. The standard InChI is InChI=1S/C14H17N3O3/c15-13(19)12-14(20)16-8-9-17(12)11(18)7-6-10-4-2-1-3-5-10/h1-5,12H,6-9H2,(H2,15,19)(H,16,20). The summed E-state index contributed by atoms with van der Waals surface area (Å²) in [5, 5.41) is 2.54. The highest BCUT2D eigenvalue weighted by molar-refractivity contribution is 6.06. The van der Waals surface area contributed by atoms with Crippen molar-refractivity contribution in [3.8, 4) is 0 Å². The third-order valence-electron chi connectivity index (χ3n) is 3.27. The highest BCUT2D eigenvalue weighted by Crippen LogP contribution is 2.10. The van der Waals surface area contributed by atoms with Crippen molar-refractivity contribution in [3.05, 3.63) is 35.9 Å². The van der Waals surface area contributed by atoms with E-state index in [2.05, 4.69) is 5.32 Å². The zero-order valence-corrected chi connectivity index (χ0v) is 11.0. The highest BCUT2D eigenvalue weighted by Gasteiger charge is 2.36. The van der Waals surface area contributed by atoms with E-state index in [0.717, 1.165) is 5.56 Å². The lowest BCUT2D eigenvalue weighted by Gasteiger charge is -2.33. The quantitative estimate of drug-likeness (QED) is 0.721. The fraction of sp³-hybridized carbons (Fsp3) is 0.357. The summed E-state index contributed by atoms with van der Waals surface area (Å²) < 4.78 is 0. The Morgan fingerprint density at radius 1 is 1.30 bits per heavy atom. The van der Waals surface area contributed by atoms with Crippen LogP contribution in [-0.2, 0) is 20.8 Å². The number of hydrogen-bond donors (Lipinski definition) is 2. The number of amides is 3. The molecule has 1 fully saturated rings. The van der Waals surface area contributed by atoms with Crippen LogP contribution in [0.5, 0.6) is 0 Å². The molecule has 106 valence electrons. The topological polar surface area (TPSA) is 92.5 Å². The van der Waals surface area contributed by atoms with Gasteiger partial charge in [-0.25, -0.2) is 0 Å². The van der Waals surface area contributed by atoms with E-state index in [9.17, 15) is 14.4 Å². The fourth-order valence-corrected chi connectivity index (χ4v) is 2.26. The number of nitrogens with two attached hydrogens (primary N) is 1. The van der Waals surface area contributed by atoms with Gasteiger partial charge in [0.15, 0.2) is 6.04 Å². The molecule has 0 saturated carbocycles. The molecule has 2 rings (SSSR count). The van der Waals surface area contributed by atoms with Crippen molar-refractivity contribution >= 4 is 17.7 Å². The third kappa shape index (κ3) is 3.14. The average molecular weight is 275 g/mol. The molecule has 3 amide bonds. The number of carbonyl (C=O) groups is 3. The molecule has 1 heterocycles. The summed E-state index contributed by atoms with van der Waals surface area (Å²) in [5.41, 5.74) is 6.24. The molecule has 0 bridgehead atoms. The summed E-state index contributed by atoms with van der Waals surface area (Å²) in [7, 11) is 0. The van der Waals surface area contributed by atoms with Gasteiger partial charge in [0.2, 0.25) is 11.8 Å². The predicted molar refractivity (Wildman–Crippen MR) is 72.5 cm³/mol. The van der Waals surface area contributed by atoms with Gasteiger partial charge in [0, 0.05) is 19.5 Å². The monoisotopic (exact) mass is 275 g/mol. The van der Waals surface area contributed by atoms with Crippen LogP contribution in [0.25, 0.3) is 0 Å². The lowest BCUT2D eigenvalue weighted by molar-refractivity contribution is -0.148. The predicted octanol–water partition coefficient (Wildman–Crippen LogP) is -0.568. The average Bonchev–Trinajstić information content (AvgIpc) is 2.45. The molecule has 1 aromatic carbocycles. The summed E-state index contributed by atoms with van der Waals surface area (Å²) in [6, 6.07) is 8.39. The van der Waals surface area contributed by atoms with Crippen LogP contribution in [0.15, 0.2) is 30.3 Å². The summed E-state index contributed by atoms with van der Waals surface area (Å²) in [5.74, 6) is -1.53. The largest absolute Gasteiger partial charge is 0.367 e. The minimum atomic E-state index is -1.19. The van der Waals surface area contributed by atoms with Gasteiger partial charge < -0.3 is 16.0 Å². The van der Waals surface area contributed by atoms with E-state index in [1.807, 2.05) is 30.3 Å². The SMILES string of the molecule is NC(=O)C1C(=O)NCCN1C(=O)CCc1ccccc1. The number of carbonyl (C=O) groups excluding carboxylic acids is 3. The van der Waals surface area contributed by atoms with Gasteiger partial charge in [-0.2, -0.15) is 0 Å². The zero-order chi connectivity index (χ0) is 14.5. The molecule has 1 aliphatic heterocycles. The van der Waals surface area contributed by atoms with Crippen molar-refractivity contribution in [1.29, 1.82) is 0 Å². The Hall–Kier alpha value is -2.37. The second kappa shape index (κ2) is 6.18. The molecule has 0 spiro atoms. The van der Waals surface area contributed by atoms with Crippen LogP contribution in [0.4, 0.5) is 0 Å². The highest BCUT2D eigenvalue weighted by atomic mass is 16.2. The molecule has 1 unspecified atom stereocenters. The molecular formula is C14H17N3O3. The fourth-order valence-electron chi connectivity index (χ4n) is 2.26. The Balaban J connectivity index is 2.00. The van der Waals surface area contributed by atoms with Crippen LogP contribution in [0.3, 0.4) is 0 Å². The normalized spacial score (nSPS) is 18.5. The van der Waals surface area contributed by atoms with Gasteiger partial charge in [-0.15, -0.1) is 0 Å². The van der Waals surface area contributed by atoms with Crippen molar-refractivity contribution in [1.82, 2.24) is 10.2 Å². The second-order valence-electron chi connectivity index (χ2n) is 4.67. The summed E-state index contributed by atoms with van der Waals surface area (Å²) in [6.45, 7) is 0.659. The molecule has 6 heteroatoms. The van der Waals surface area contributed by atoms with Crippen LogP contribution in [0.1, 0.15) is 12.0 Å². The molecule has 1 saturated heterocycles. The molecule has 1 atom stereocenters. The summed E-state index contributed by atoms with van der Waals surface area (Å²) in [4.78, 5) is 36.4. The van der Waals surface area contributed by atoms with Gasteiger partial charge in [-0.3, -0.25) is 14.4 Å². The first-order chi connectivity index (χ1) is 9.59. The zero-order valence-electron chi connectivity index (χ0n) is 11.0. The first-order valence-corrected chi connectivity index (χ1v) is 6.50. The number of nitrogens with zero attached hydrogens (tertiary/aromatic N) is 1. The molecule has 6 nitrogen and oxygen atoms in total. The molecule has 1 aromatic rings. The van der Waals surface area contributed by atoms with E-state index < -0.39 is 17.9 Å². The smallest absolute Gasteiger partial charge is 0.252 e. The number of rotatable bonds is 4. The lowest BCUT2D eigenvalue weighted by Crippen LogP contribution is -2.62. The second-order valence-corrected chi connectivity index (χ2v) is 4.67. The third-order valence-corrected chi connectivity index (χ3v) is 3.27. The minimum absolute atomic E-state index is 0.229. The van der Waals surface area contributed by atoms with Crippen LogP contribution in [-0.4, -0.2) is 41.8 Å². The number of hydrogen-bond acceptors (Lipinski definition) is 3. The van der Waals surface area contributed by atoms with Crippen LogP contribution < -0.4 is 11.1 Å². The number of benzene rings is 1. The maximum atomic E-state index is 12.2.